The van der Waals surface area contributed by atoms with Crippen LogP contribution in [0.2, 0.25) is 0 Å². The molecule has 124 valence electrons. The third-order valence-corrected chi connectivity index (χ3v) is 5.12. The summed E-state index contributed by atoms with van der Waals surface area (Å²) in [7, 11) is 0. The highest BCUT2D eigenvalue weighted by atomic mass is 32.1. The number of nitrogens with one attached hydrogen (secondary N) is 2. The summed E-state index contributed by atoms with van der Waals surface area (Å²) in [5.74, 6) is -0.365. The van der Waals surface area contributed by atoms with Crippen LogP contribution in [0.15, 0.2) is 48.5 Å². The van der Waals surface area contributed by atoms with E-state index in [4.69, 9.17) is 0 Å². The van der Waals surface area contributed by atoms with E-state index < -0.39 is 0 Å². The van der Waals surface area contributed by atoms with E-state index in [0.29, 0.717) is 11.4 Å². The fourth-order valence-electron chi connectivity index (χ4n) is 2.57. The second kappa shape index (κ2) is 7.45. The Morgan fingerprint density at radius 1 is 1.12 bits per heavy atom. The number of anilines is 1. The van der Waals surface area contributed by atoms with Crippen LogP contribution >= 0.6 is 11.3 Å². The van der Waals surface area contributed by atoms with Gasteiger partial charge in [-0.15, -0.1) is 11.3 Å². The number of hydrogen-bond donors (Lipinski definition) is 2. The van der Waals surface area contributed by atoms with Crippen molar-refractivity contribution in [2.45, 2.75) is 13.3 Å². The first kappa shape index (κ1) is 16.5. The highest BCUT2D eigenvalue weighted by Crippen LogP contribution is 2.31. The molecule has 0 aliphatic rings. The van der Waals surface area contributed by atoms with Gasteiger partial charge in [-0.25, -0.2) is 4.39 Å². The van der Waals surface area contributed by atoms with E-state index in [0.717, 1.165) is 34.3 Å². The van der Waals surface area contributed by atoms with Crippen LogP contribution in [0.5, 0.6) is 0 Å². The number of rotatable bonds is 6. The van der Waals surface area contributed by atoms with Gasteiger partial charge in [0.25, 0.3) is 5.91 Å². The first-order valence-corrected chi connectivity index (χ1v) is 8.72. The lowest BCUT2D eigenvalue weighted by molar-refractivity contribution is 0.0957. The number of amides is 1. The zero-order valence-corrected chi connectivity index (χ0v) is 14.3. The van der Waals surface area contributed by atoms with Gasteiger partial charge in [0, 0.05) is 23.5 Å². The summed E-state index contributed by atoms with van der Waals surface area (Å²) in [5.41, 5.74) is 1.92. The van der Waals surface area contributed by atoms with Crippen molar-refractivity contribution in [3.8, 4) is 0 Å². The first-order chi connectivity index (χ1) is 11.6. The molecule has 3 aromatic rings. The molecule has 5 heteroatoms. The molecule has 0 fully saturated rings. The van der Waals surface area contributed by atoms with Gasteiger partial charge in [0.15, 0.2) is 0 Å². The highest BCUT2D eigenvalue weighted by molar-refractivity contribution is 7.21. The monoisotopic (exact) mass is 342 g/mol. The Hall–Kier alpha value is -2.40. The van der Waals surface area contributed by atoms with Crippen molar-refractivity contribution >= 4 is 33.0 Å². The van der Waals surface area contributed by atoms with Crippen molar-refractivity contribution in [1.82, 2.24) is 5.32 Å². The van der Waals surface area contributed by atoms with Gasteiger partial charge in [-0.05, 0) is 54.6 Å². The molecular formula is C19H19FN2OS. The van der Waals surface area contributed by atoms with E-state index in [2.05, 4.69) is 10.6 Å². The van der Waals surface area contributed by atoms with Gasteiger partial charge in [0.2, 0.25) is 0 Å². The second-order valence-corrected chi connectivity index (χ2v) is 6.65. The average Bonchev–Trinajstić information content (AvgIpc) is 2.92. The van der Waals surface area contributed by atoms with Crippen LogP contribution in [-0.2, 0) is 0 Å². The Labute approximate surface area is 144 Å². The van der Waals surface area contributed by atoms with Crippen LogP contribution in [-0.4, -0.2) is 19.0 Å². The zero-order valence-electron chi connectivity index (χ0n) is 13.4. The summed E-state index contributed by atoms with van der Waals surface area (Å²) in [6.45, 7) is 3.26. The Kier molecular flexibility index (Phi) is 5.11. The van der Waals surface area contributed by atoms with Crippen molar-refractivity contribution < 1.29 is 9.18 Å². The maximum absolute atomic E-state index is 13.4. The zero-order chi connectivity index (χ0) is 16.9. The Morgan fingerprint density at radius 2 is 1.92 bits per heavy atom. The van der Waals surface area contributed by atoms with Gasteiger partial charge in [-0.2, -0.15) is 0 Å². The molecule has 1 heterocycles. The van der Waals surface area contributed by atoms with Gasteiger partial charge in [-0.3, -0.25) is 4.79 Å². The Morgan fingerprint density at radius 3 is 2.71 bits per heavy atom. The van der Waals surface area contributed by atoms with Crippen LogP contribution in [0.1, 0.15) is 21.7 Å². The van der Waals surface area contributed by atoms with Gasteiger partial charge in [0.1, 0.15) is 5.82 Å². The maximum atomic E-state index is 13.4. The maximum Gasteiger partial charge on any atom is 0.261 e. The van der Waals surface area contributed by atoms with Crippen molar-refractivity contribution in [1.29, 1.82) is 0 Å². The van der Waals surface area contributed by atoms with Gasteiger partial charge < -0.3 is 10.6 Å². The molecule has 2 N–H and O–H groups in total. The second-order valence-electron chi connectivity index (χ2n) is 5.60. The molecule has 0 saturated heterocycles. The molecule has 0 unspecified atom stereocenters. The molecular weight excluding hydrogens is 323 g/mol. The lowest BCUT2D eigenvalue weighted by atomic mass is 10.1. The minimum atomic E-state index is -0.276. The largest absolute Gasteiger partial charge is 0.385 e. The molecule has 3 rings (SSSR count). The molecule has 0 radical (unpaired) electrons. The van der Waals surface area contributed by atoms with Crippen LogP contribution in [0.25, 0.3) is 10.1 Å². The molecule has 3 nitrogen and oxygen atoms in total. The Balaban J connectivity index is 1.53. The van der Waals surface area contributed by atoms with Crippen molar-refractivity contribution in [3.05, 3.63) is 64.8 Å². The standard InChI is InChI=1S/C19H19FN2OS/c1-13-16-12-14(20)8-9-17(16)24-18(13)19(23)22-11-5-10-21-15-6-3-2-4-7-15/h2-4,6-9,12,21H,5,10-11H2,1H3,(H,22,23). The molecule has 0 atom stereocenters. The van der Waals surface area contributed by atoms with E-state index in [1.54, 1.807) is 6.07 Å². The van der Waals surface area contributed by atoms with E-state index in [-0.39, 0.29) is 11.7 Å². The summed E-state index contributed by atoms with van der Waals surface area (Å²) in [4.78, 5) is 13.0. The smallest absolute Gasteiger partial charge is 0.261 e. The normalized spacial score (nSPS) is 10.8. The molecule has 24 heavy (non-hydrogen) atoms. The molecule has 0 saturated carbocycles. The van der Waals surface area contributed by atoms with Crippen LogP contribution in [0.3, 0.4) is 0 Å². The number of fused-ring (bicyclic) bond motifs is 1. The van der Waals surface area contributed by atoms with Gasteiger partial charge >= 0.3 is 0 Å². The number of carbonyl (C=O) groups is 1. The van der Waals surface area contributed by atoms with E-state index >= 15 is 0 Å². The fraction of sp³-hybridized carbons (Fsp3) is 0.211. The van der Waals surface area contributed by atoms with Crippen LogP contribution in [0, 0.1) is 12.7 Å². The predicted molar refractivity (Wildman–Crippen MR) is 98.4 cm³/mol. The molecule has 0 aliphatic carbocycles. The molecule has 0 bridgehead atoms. The lowest BCUT2D eigenvalue weighted by Crippen LogP contribution is -2.25. The summed E-state index contributed by atoms with van der Waals surface area (Å²) in [6.07, 6.45) is 0.833. The molecule has 2 aromatic carbocycles. The molecule has 0 spiro atoms. The van der Waals surface area contributed by atoms with Crippen molar-refractivity contribution in [2.75, 3.05) is 18.4 Å². The lowest BCUT2D eigenvalue weighted by Gasteiger charge is -2.07. The molecule has 1 aromatic heterocycles. The predicted octanol–water partition coefficient (Wildman–Crippen LogP) is 4.58. The number of carbonyl (C=O) groups excluding carboxylic acids is 1. The molecule has 1 amide bonds. The minimum absolute atomic E-state index is 0.0891. The number of thiophene rings is 1. The van der Waals surface area contributed by atoms with Crippen molar-refractivity contribution in [3.63, 3.8) is 0 Å². The van der Waals surface area contributed by atoms with Crippen LogP contribution < -0.4 is 10.6 Å². The van der Waals surface area contributed by atoms with E-state index in [1.165, 1.54) is 23.5 Å². The van der Waals surface area contributed by atoms with Crippen LogP contribution in [0.4, 0.5) is 10.1 Å². The van der Waals surface area contributed by atoms with E-state index in [9.17, 15) is 9.18 Å². The molecule has 0 aliphatic heterocycles. The number of hydrogen-bond acceptors (Lipinski definition) is 3. The summed E-state index contributed by atoms with van der Waals surface area (Å²) in [6, 6.07) is 14.6. The SMILES string of the molecule is Cc1c(C(=O)NCCCNc2ccccc2)sc2ccc(F)cc12. The van der Waals surface area contributed by atoms with Crippen molar-refractivity contribution in [2.24, 2.45) is 0 Å². The van der Waals surface area contributed by atoms with Gasteiger partial charge in [-0.1, -0.05) is 18.2 Å². The number of benzene rings is 2. The topological polar surface area (TPSA) is 41.1 Å². The summed E-state index contributed by atoms with van der Waals surface area (Å²) >= 11 is 1.41. The first-order valence-electron chi connectivity index (χ1n) is 7.91. The van der Waals surface area contributed by atoms with E-state index in [1.807, 2.05) is 37.3 Å². The quantitative estimate of drug-likeness (QED) is 0.644. The summed E-state index contributed by atoms with van der Waals surface area (Å²) < 4.78 is 14.3. The minimum Gasteiger partial charge on any atom is -0.385 e. The summed E-state index contributed by atoms with van der Waals surface area (Å²) in [5, 5.41) is 7.06. The third-order valence-electron chi connectivity index (χ3n) is 3.85. The van der Waals surface area contributed by atoms with Gasteiger partial charge in [0.05, 0.1) is 4.88 Å². The number of para-hydroxylation sites is 1. The third kappa shape index (κ3) is 3.74. The Bertz CT molecular complexity index is 845. The number of aryl methyl sites for hydroxylation is 1. The average molecular weight is 342 g/mol. The highest BCUT2D eigenvalue weighted by Gasteiger charge is 2.15. The number of halogens is 1. The fourth-order valence-corrected chi connectivity index (χ4v) is 3.67.